The lowest BCUT2D eigenvalue weighted by molar-refractivity contribution is -0.122. The minimum atomic E-state index is -0.304. The van der Waals surface area contributed by atoms with Gasteiger partial charge in [0.05, 0.1) is 18.2 Å². The maximum Gasteiger partial charge on any atom is 0.236 e. The molecule has 0 aliphatic carbocycles. The third kappa shape index (κ3) is 5.21. The second kappa shape index (κ2) is 6.44. The average molecular weight is 183 g/mol. The zero-order valence-electron chi connectivity index (χ0n) is 8.42. The summed E-state index contributed by atoms with van der Waals surface area (Å²) in [7, 11) is 0. The van der Waals surface area contributed by atoms with Crippen molar-refractivity contribution in [2.45, 2.75) is 39.3 Å². The molecule has 0 aliphatic heterocycles. The van der Waals surface area contributed by atoms with Crippen LogP contribution in [0.2, 0.25) is 0 Å². The second-order valence-electron chi connectivity index (χ2n) is 3.03. The van der Waals surface area contributed by atoms with Crippen molar-refractivity contribution in [1.29, 1.82) is 5.26 Å². The number of carbonyl (C=O) groups is 1. The van der Waals surface area contributed by atoms with Crippen LogP contribution in [0, 0.1) is 11.3 Å². The van der Waals surface area contributed by atoms with Crippen LogP contribution in [0.4, 0.5) is 0 Å². The lowest BCUT2D eigenvalue weighted by atomic mass is 10.2. The highest BCUT2D eigenvalue weighted by Gasteiger charge is 2.13. The Morgan fingerprint density at radius 2 is 2.15 bits per heavy atom. The minimum absolute atomic E-state index is 0.0519. The molecule has 74 valence electrons. The molecule has 0 rings (SSSR count). The molecule has 2 N–H and O–H groups in total. The zero-order valence-corrected chi connectivity index (χ0v) is 8.42. The van der Waals surface area contributed by atoms with Gasteiger partial charge in [-0.05, 0) is 20.3 Å². The fourth-order valence-corrected chi connectivity index (χ4v) is 0.889. The Morgan fingerprint density at radius 3 is 2.62 bits per heavy atom. The lowest BCUT2D eigenvalue weighted by Crippen LogP contribution is -2.45. The van der Waals surface area contributed by atoms with Gasteiger partial charge < -0.3 is 5.32 Å². The summed E-state index contributed by atoms with van der Waals surface area (Å²) in [6.07, 6.45) is 0.923. The van der Waals surface area contributed by atoms with Gasteiger partial charge in [-0.15, -0.1) is 0 Å². The fraction of sp³-hybridized carbons (Fsp3) is 0.778. The molecule has 0 saturated heterocycles. The van der Waals surface area contributed by atoms with Crippen molar-refractivity contribution in [1.82, 2.24) is 10.6 Å². The third-order valence-corrected chi connectivity index (χ3v) is 1.64. The molecule has 4 heteroatoms. The predicted octanol–water partition coefficient (Wildman–Crippen LogP) is 0.403. The first-order chi connectivity index (χ1) is 6.11. The fourth-order valence-electron chi connectivity index (χ4n) is 0.889. The average Bonchev–Trinajstić information content (AvgIpc) is 2.13. The van der Waals surface area contributed by atoms with Crippen LogP contribution < -0.4 is 10.6 Å². The summed E-state index contributed by atoms with van der Waals surface area (Å²) in [5.74, 6) is -0.0519. The van der Waals surface area contributed by atoms with Gasteiger partial charge in [0.15, 0.2) is 0 Å². The summed E-state index contributed by atoms with van der Waals surface area (Å²) < 4.78 is 0. The second-order valence-corrected chi connectivity index (χ2v) is 3.03. The van der Waals surface area contributed by atoms with Gasteiger partial charge in [-0.3, -0.25) is 10.1 Å². The van der Waals surface area contributed by atoms with E-state index in [1.165, 1.54) is 0 Å². The standard InChI is InChI=1S/C9H17N3O/c1-4-5-11-9(13)8(3)12-7(2)6-10/h7-8,12H,4-5H2,1-3H3,(H,11,13). The Kier molecular flexibility index (Phi) is 5.90. The third-order valence-electron chi connectivity index (χ3n) is 1.64. The van der Waals surface area contributed by atoms with Crippen LogP contribution in [-0.4, -0.2) is 24.5 Å². The van der Waals surface area contributed by atoms with Crippen molar-refractivity contribution in [3.63, 3.8) is 0 Å². The summed E-state index contributed by atoms with van der Waals surface area (Å²) in [5.41, 5.74) is 0. The molecule has 0 aromatic carbocycles. The quantitative estimate of drug-likeness (QED) is 0.648. The number of hydrogen-bond donors (Lipinski definition) is 2. The molecular formula is C9H17N3O. The molecule has 2 unspecified atom stereocenters. The number of rotatable bonds is 5. The Morgan fingerprint density at radius 1 is 1.54 bits per heavy atom. The highest BCUT2D eigenvalue weighted by atomic mass is 16.2. The highest BCUT2D eigenvalue weighted by molar-refractivity contribution is 5.81. The summed E-state index contributed by atoms with van der Waals surface area (Å²) in [5, 5.41) is 14.1. The van der Waals surface area contributed by atoms with Crippen LogP contribution in [0.1, 0.15) is 27.2 Å². The highest BCUT2D eigenvalue weighted by Crippen LogP contribution is 1.86. The zero-order chi connectivity index (χ0) is 10.3. The molecule has 0 fully saturated rings. The molecule has 0 bridgehead atoms. The first-order valence-electron chi connectivity index (χ1n) is 4.55. The number of nitriles is 1. The van der Waals surface area contributed by atoms with Gasteiger partial charge in [0, 0.05) is 6.54 Å². The van der Waals surface area contributed by atoms with Crippen molar-refractivity contribution in [2.75, 3.05) is 6.54 Å². The van der Waals surface area contributed by atoms with Crippen LogP contribution in [0.5, 0.6) is 0 Å². The molecule has 0 aromatic heterocycles. The molecule has 4 nitrogen and oxygen atoms in total. The van der Waals surface area contributed by atoms with E-state index in [4.69, 9.17) is 5.26 Å². The smallest absolute Gasteiger partial charge is 0.236 e. The van der Waals surface area contributed by atoms with Crippen LogP contribution in [0.3, 0.4) is 0 Å². The first-order valence-corrected chi connectivity index (χ1v) is 4.55. The normalized spacial score (nSPS) is 14.3. The predicted molar refractivity (Wildman–Crippen MR) is 51.0 cm³/mol. The molecule has 2 atom stereocenters. The van der Waals surface area contributed by atoms with Crippen molar-refractivity contribution in [3.8, 4) is 6.07 Å². The molecule has 0 aliphatic rings. The van der Waals surface area contributed by atoms with Crippen LogP contribution in [0.25, 0.3) is 0 Å². The van der Waals surface area contributed by atoms with Crippen molar-refractivity contribution < 1.29 is 4.79 Å². The topological polar surface area (TPSA) is 64.9 Å². The maximum atomic E-state index is 11.3. The summed E-state index contributed by atoms with van der Waals surface area (Å²) in [6, 6.07) is 1.42. The Balaban J connectivity index is 3.77. The lowest BCUT2D eigenvalue weighted by Gasteiger charge is -2.14. The van der Waals surface area contributed by atoms with Crippen LogP contribution in [-0.2, 0) is 4.79 Å². The van der Waals surface area contributed by atoms with Gasteiger partial charge >= 0.3 is 0 Å². The Hall–Kier alpha value is -1.08. The summed E-state index contributed by atoms with van der Waals surface area (Å²) in [4.78, 5) is 11.3. The number of hydrogen-bond acceptors (Lipinski definition) is 3. The van der Waals surface area contributed by atoms with E-state index in [2.05, 4.69) is 10.6 Å². The van der Waals surface area contributed by atoms with E-state index in [0.717, 1.165) is 6.42 Å². The van der Waals surface area contributed by atoms with E-state index in [0.29, 0.717) is 6.54 Å². The molecule has 0 heterocycles. The van der Waals surface area contributed by atoms with Gasteiger partial charge in [0.2, 0.25) is 5.91 Å². The largest absolute Gasteiger partial charge is 0.355 e. The molecule has 0 aromatic rings. The van der Waals surface area contributed by atoms with Crippen molar-refractivity contribution >= 4 is 5.91 Å². The summed E-state index contributed by atoms with van der Waals surface area (Å²) >= 11 is 0. The maximum absolute atomic E-state index is 11.3. The number of amides is 1. The molecule has 0 spiro atoms. The first kappa shape index (κ1) is 11.9. The monoisotopic (exact) mass is 183 g/mol. The molecule has 0 radical (unpaired) electrons. The van der Waals surface area contributed by atoms with Crippen molar-refractivity contribution in [2.24, 2.45) is 0 Å². The van der Waals surface area contributed by atoms with Crippen LogP contribution >= 0.6 is 0 Å². The van der Waals surface area contributed by atoms with E-state index in [-0.39, 0.29) is 18.0 Å². The number of nitrogens with one attached hydrogen (secondary N) is 2. The van der Waals surface area contributed by atoms with Gasteiger partial charge in [0.1, 0.15) is 0 Å². The molecular weight excluding hydrogens is 166 g/mol. The molecule has 13 heavy (non-hydrogen) atoms. The van der Waals surface area contributed by atoms with E-state index in [1.54, 1.807) is 13.8 Å². The number of nitrogens with zero attached hydrogens (tertiary/aromatic N) is 1. The van der Waals surface area contributed by atoms with E-state index in [1.807, 2.05) is 13.0 Å². The van der Waals surface area contributed by atoms with Crippen molar-refractivity contribution in [3.05, 3.63) is 0 Å². The Labute approximate surface area is 79.3 Å². The van der Waals surface area contributed by atoms with E-state index in [9.17, 15) is 4.79 Å². The van der Waals surface area contributed by atoms with Gasteiger partial charge in [0.25, 0.3) is 0 Å². The molecule has 0 saturated carbocycles. The summed E-state index contributed by atoms with van der Waals surface area (Å²) in [6.45, 7) is 6.16. The number of carbonyl (C=O) groups excluding carboxylic acids is 1. The van der Waals surface area contributed by atoms with Gasteiger partial charge in [-0.25, -0.2) is 0 Å². The van der Waals surface area contributed by atoms with E-state index < -0.39 is 0 Å². The van der Waals surface area contributed by atoms with E-state index >= 15 is 0 Å². The van der Waals surface area contributed by atoms with Crippen LogP contribution in [0.15, 0.2) is 0 Å². The van der Waals surface area contributed by atoms with Gasteiger partial charge in [-0.1, -0.05) is 6.92 Å². The SMILES string of the molecule is CCCNC(=O)C(C)NC(C)C#N. The minimum Gasteiger partial charge on any atom is -0.355 e. The van der Waals surface area contributed by atoms with Gasteiger partial charge in [-0.2, -0.15) is 5.26 Å². The molecule has 1 amide bonds. The Bertz CT molecular complexity index is 198.